The predicted molar refractivity (Wildman–Crippen MR) is 62.5 cm³/mol. The van der Waals surface area contributed by atoms with E-state index in [0.29, 0.717) is 12.5 Å². The minimum Gasteiger partial charge on any atom is -0.480 e. The average Bonchev–Trinajstić information content (AvgIpc) is 2.76. The van der Waals surface area contributed by atoms with E-state index < -0.39 is 11.5 Å². The third-order valence-corrected chi connectivity index (χ3v) is 3.42. The summed E-state index contributed by atoms with van der Waals surface area (Å²) in [6.07, 6.45) is 5.34. The zero-order valence-corrected chi connectivity index (χ0v) is 10.3. The molecule has 0 spiro atoms. The van der Waals surface area contributed by atoms with Gasteiger partial charge in [-0.1, -0.05) is 6.92 Å². The molecular weight excluding hydrogens is 206 g/mol. The summed E-state index contributed by atoms with van der Waals surface area (Å²) in [7, 11) is 0. The van der Waals surface area contributed by atoms with Crippen molar-refractivity contribution in [3.05, 3.63) is 0 Å². The van der Waals surface area contributed by atoms with Crippen molar-refractivity contribution in [3.8, 4) is 0 Å². The molecule has 0 aromatic heterocycles. The highest BCUT2D eigenvalue weighted by Crippen LogP contribution is 2.17. The van der Waals surface area contributed by atoms with Gasteiger partial charge in [-0.05, 0) is 45.6 Å². The number of carboxylic acid groups (broad SMARTS) is 1. The summed E-state index contributed by atoms with van der Waals surface area (Å²) in [5, 5.41) is 12.2. The lowest BCUT2D eigenvalue weighted by molar-refractivity contribution is -0.144. The number of ether oxygens (including phenoxy) is 1. The number of aliphatic carboxylic acids is 1. The van der Waals surface area contributed by atoms with Crippen LogP contribution in [0, 0.1) is 0 Å². The first-order valence-electron chi connectivity index (χ1n) is 6.18. The maximum absolute atomic E-state index is 11.0. The Labute approximate surface area is 97.4 Å². The standard InChI is InChI=1S/C12H23NO3/c1-3-12(2,11(14)15)13-8-4-6-10-7-5-9-16-10/h10,13H,3-9H2,1-2H3,(H,14,15). The Bertz CT molecular complexity index is 226. The minimum atomic E-state index is -0.781. The second-order valence-corrected chi connectivity index (χ2v) is 4.69. The first-order valence-corrected chi connectivity index (χ1v) is 6.18. The van der Waals surface area contributed by atoms with Crippen molar-refractivity contribution in [3.63, 3.8) is 0 Å². The second-order valence-electron chi connectivity index (χ2n) is 4.69. The van der Waals surface area contributed by atoms with Gasteiger partial charge in [0.15, 0.2) is 0 Å². The van der Waals surface area contributed by atoms with Crippen LogP contribution in [0.15, 0.2) is 0 Å². The Morgan fingerprint density at radius 2 is 2.38 bits per heavy atom. The lowest BCUT2D eigenvalue weighted by atomic mass is 9.99. The molecule has 16 heavy (non-hydrogen) atoms. The van der Waals surface area contributed by atoms with Gasteiger partial charge in [-0.25, -0.2) is 0 Å². The molecule has 1 heterocycles. The van der Waals surface area contributed by atoms with E-state index in [1.165, 1.54) is 6.42 Å². The van der Waals surface area contributed by atoms with E-state index in [9.17, 15) is 4.79 Å². The summed E-state index contributed by atoms with van der Waals surface area (Å²) >= 11 is 0. The monoisotopic (exact) mass is 229 g/mol. The summed E-state index contributed by atoms with van der Waals surface area (Å²) in [6.45, 7) is 5.26. The van der Waals surface area contributed by atoms with Crippen LogP contribution in [0.1, 0.15) is 46.0 Å². The molecule has 0 aromatic carbocycles. The fourth-order valence-corrected chi connectivity index (χ4v) is 1.92. The van der Waals surface area contributed by atoms with Crippen LogP contribution in [0.5, 0.6) is 0 Å². The number of rotatable bonds is 7. The molecule has 0 aliphatic carbocycles. The van der Waals surface area contributed by atoms with E-state index in [2.05, 4.69) is 5.32 Å². The summed E-state index contributed by atoms with van der Waals surface area (Å²) in [5.74, 6) is -0.771. The van der Waals surface area contributed by atoms with Crippen molar-refractivity contribution in [1.29, 1.82) is 0 Å². The van der Waals surface area contributed by atoms with Gasteiger partial charge >= 0.3 is 5.97 Å². The maximum atomic E-state index is 11.0. The summed E-state index contributed by atoms with van der Waals surface area (Å²) in [4.78, 5) is 11.0. The number of carboxylic acids is 1. The summed E-state index contributed by atoms with van der Waals surface area (Å²) in [6, 6.07) is 0. The van der Waals surface area contributed by atoms with Crippen LogP contribution in [0.3, 0.4) is 0 Å². The highest BCUT2D eigenvalue weighted by Gasteiger charge is 2.29. The van der Waals surface area contributed by atoms with Gasteiger partial charge in [0.1, 0.15) is 5.54 Å². The third-order valence-electron chi connectivity index (χ3n) is 3.42. The fraction of sp³-hybridized carbons (Fsp3) is 0.917. The van der Waals surface area contributed by atoms with Crippen LogP contribution in [0.2, 0.25) is 0 Å². The Kier molecular flexibility index (Phi) is 5.22. The van der Waals surface area contributed by atoms with Crippen LogP contribution < -0.4 is 5.32 Å². The number of hydrogen-bond donors (Lipinski definition) is 2. The number of nitrogens with one attached hydrogen (secondary N) is 1. The first-order chi connectivity index (χ1) is 7.58. The van der Waals surface area contributed by atoms with Crippen LogP contribution in [-0.2, 0) is 9.53 Å². The largest absolute Gasteiger partial charge is 0.480 e. The molecule has 1 rings (SSSR count). The highest BCUT2D eigenvalue weighted by atomic mass is 16.5. The molecule has 2 N–H and O–H groups in total. The topological polar surface area (TPSA) is 58.6 Å². The molecule has 4 nitrogen and oxygen atoms in total. The van der Waals surface area contributed by atoms with Crippen molar-refractivity contribution >= 4 is 5.97 Å². The van der Waals surface area contributed by atoms with E-state index >= 15 is 0 Å². The van der Waals surface area contributed by atoms with Gasteiger partial charge in [0, 0.05) is 6.61 Å². The molecular formula is C12H23NO3. The van der Waals surface area contributed by atoms with Crippen molar-refractivity contribution in [2.45, 2.75) is 57.6 Å². The summed E-state index contributed by atoms with van der Waals surface area (Å²) in [5.41, 5.74) is -0.781. The van der Waals surface area contributed by atoms with Gasteiger partial charge in [0.2, 0.25) is 0 Å². The molecule has 4 heteroatoms. The minimum absolute atomic E-state index is 0.402. The molecule has 94 valence electrons. The van der Waals surface area contributed by atoms with E-state index in [4.69, 9.17) is 9.84 Å². The molecule has 0 amide bonds. The van der Waals surface area contributed by atoms with E-state index in [-0.39, 0.29) is 0 Å². The van der Waals surface area contributed by atoms with Crippen LogP contribution in [-0.4, -0.2) is 35.9 Å². The van der Waals surface area contributed by atoms with Gasteiger partial charge < -0.3 is 15.2 Å². The number of hydrogen-bond acceptors (Lipinski definition) is 3. The lowest BCUT2D eigenvalue weighted by Crippen LogP contribution is -2.49. The van der Waals surface area contributed by atoms with Gasteiger partial charge in [0.05, 0.1) is 6.10 Å². The van der Waals surface area contributed by atoms with Crippen LogP contribution >= 0.6 is 0 Å². The molecule has 1 aliphatic rings. The molecule has 2 atom stereocenters. The molecule has 0 bridgehead atoms. The lowest BCUT2D eigenvalue weighted by Gasteiger charge is -2.24. The quantitative estimate of drug-likeness (QED) is 0.653. The van der Waals surface area contributed by atoms with Crippen LogP contribution in [0.4, 0.5) is 0 Å². The molecule has 0 radical (unpaired) electrons. The smallest absolute Gasteiger partial charge is 0.323 e. The van der Waals surface area contributed by atoms with E-state index in [0.717, 1.165) is 32.4 Å². The van der Waals surface area contributed by atoms with E-state index in [1.807, 2.05) is 6.92 Å². The van der Waals surface area contributed by atoms with Crippen molar-refractivity contribution in [2.75, 3.05) is 13.2 Å². The molecule has 1 saturated heterocycles. The van der Waals surface area contributed by atoms with Crippen molar-refractivity contribution in [2.24, 2.45) is 0 Å². The fourth-order valence-electron chi connectivity index (χ4n) is 1.92. The molecule has 1 fully saturated rings. The second kappa shape index (κ2) is 6.21. The SMILES string of the molecule is CCC(C)(NCCCC1CCCO1)C(=O)O. The van der Waals surface area contributed by atoms with Gasteiger partial charge in [-0.15, -0.1) is 0 Å². The Morgan fingerprint density at radius 3 is 2.88 bits per heavy atom. The van der Waals surface area contributed by atoms with Crippen molar-refractivity contribution < 1.29 is 14.6 Å². The molecule has 1 aliphatic heterocycles. The van der Waals surface area contributed by atoms with E-state index in [1.54, 1.807) is 6.92 Å². The molecule has 0 saturated carbocycles. The Balaban J connectivity index is 2.15. The van der Waals surface area contributed by atoms with Gasteiger partial charge in [0.25, 0.3) is 0 Å². The molecule has 2 unspecified atom stereocenters. The van der Waals surface area contributed by atoms with Gasteiger partial charge in [-0.3, -0.25) is 4.79 Å². The maximum Gasteiger partial charge on any atom is 0.323 e. The third kappa shape index (κ3) is 3.76. The summed E-state index contributed by atoms with van der Waals surface area (Å²) < 4.78 is 5.51. The molecule has 0 aromatic rings. The zero-order chi connectivity index (χ0) is 12.0. The first kappa shape index (κ1) is 13.5. The average molecular weight is 229 g/mol. The highest BCUT2D eigenvalue weighted by molar-refractivity contribution is 5.78. The van der Waals surface area contributed by atoms with Gasteiger partial charge in [-0.2, -0.15) is 0 Å². The van der Waals surface area contributed by atoms with Crippen molar-refractivity contribution in [1.82, 2.24) is 5.32 Å². The Morgan fingerprint density at radius 1 is 1.62 bits per heavy atom. The Hall–Kier alpha value is -0.610. The normalized spacial score (nSPS) is 24.2. The van der Waals surface area contributed by atoms with Crippen LogP contribution in [0.25, 0.3) is 0 Å². The number of carbonyl (C=O) groups is 1. The zero-order valence-electron chi connectivity index (χ0n) is 10.3. The predicted octanol–water partition coefficient (Wildman–Crippen LogP) is 1.79.